The van der Waals surface area contributed by atoms with Crippen LogP contribution in [0.1, 0.15) is 56.6 Å². The molecule has 1 aliphatic carbocycles. The molecule has 1 unspecified atom stereocenters. The fraction of sp³-hybridized carbons (Fsp3) is 0.500. The van der Waals surface area contributed by atoms with Gasteiger partial charge in [0.15, 0.2) is 10.9 Å². The van der Waals surface area contributed by atoms with Crippen LogP contribution in [-0.2, 0) is 11.2 Å². The van der Waals surface area contributed by atoms with E-state index in [0.29, 0.717) is 40.8 Å². The first-order valence-corrected chi connectivity index (χ1v) is 12.1. The zero-order valence-corrected chi connectivity index (χ0v) is 19.8. The van der Waals surface area contributed by atoms with Gasteiger partial charge in [0.1, 0.15) is 0 Å². The maximum atomic E-state index is 13.1. The molecule has 1 aromatic heterocycles. The summed E-state index contributed by atoms with van der Waals surface area (Å²) in [4.78, 5) is 47.9. The number of aromatic nitrogens is 1. The van der Waals surface area contributed by atoms with Gasteiger partial charge < -0.3 is 4.90 Å². The van der Waals surface area contributed by atoms with Crippen LogP contribution in [0.15, 0.2) is 18.2 Å². The van der Waals surface area contributed by atoms with E-state index in [-0.39, 0.29) is 29.9 Å². The van der Waals surface area contributed by atoms with Gasteiger partial charge in [-0.2, -0.15) is 0 Å². The van der Waals surface area contributed by atoms with Gasteiger partial charge in [-0.15, -0.1) is 0 Å². The molecule has 1 saturated heterocycles. The molecule has 1 aromatic carbocycles. The van der Waals surface area contributed by atoms with Crippen molar-refractivity contribution in [2.24, 2.45) is 5.92 Å². The number of nitrogens with one attached hydrogen (secondary N) is 1. The highest BCUT2D eigenvalue weighted by molar-refractivity contribution is 7.17. The Bertz CT molecular complexity index is 1040. The number of fused-ring (bicyclic) bond motifs is 1. The van der Waals surface area contributed by atoms with E-state index < -0.39 is 0 Å². The molecule has 8 heteroatoms. The van der Waals surface area contributed by atoms with Gasteiger partial charge >= 0.3 is 0 Å². The fourth-order valence-corrected chi connectivity index (χ4v) is 5.42. The molecule has 2 amide bonds. The standard InChI is InChI=1S/C24H30N4O3S/c1-4-8-27-9-11-28(12-10-27)23(31)17-13-19-21(20(29)14-17)32-24(25-19)26-22(30)18-7-5-6-15(2)16(18)3/h5-7,17H,4,8-14H2,1-3H3,(H,25,26,30). The number of amides is 2. The number of piperazine rings is 1. The topological polar surface area (TPSA) is 82.6 Å². The van der Waals surface area contributed by atoms with Crippen molar-refractivity contribution < 1.29 is 14.4 Å². The van der Waals surface area contributed by atoms with E-state index in [1.165, 1.54) is 11.3 Å². The van der Waals surface area contributed by atoms with E-state index in [0.717, 1.165) is 37.2 Å². The maximum absolute atomic E-state index is 13.1. The molecule has 170 valence electrons. The first kappa shape index (κ1) is 22.6. The second kappa shape index (κ2) is 9.50. The molecule has 0 radical (unpaired) electrons. The van der Waals surface area contributed by atoms with Crippen molar-refractivity contribution in [1.82, 2.24) is 14.8 Å². The highest BCUT2D eigenvalue weighted by Crippen LogP contribution is 2.33. The minimum Gasteiger partial charge on any atom is -0.340 e. The molecule has 0 spiro atoms. The number of anilines is 1. The number of carbonyl (C=O) groups excluding carboxylic acids is 3. The fourth-order valence-electron chi connectivity index (χ4n) is 4.49. The lowest BCUT2D eigenvalue weighted by Crippen LogP contribution is -2.51. The average Bonchev–Trinajstić information content (AvgIpc) is 3.19. The largest absolute Gasteiger partial charge is 0.340 e. The number of hydrogen-bond acceptors (Lipinski definition) is 6. The number of hydrogen-bond donors (Lipinski definition) is 1. The lowest BCUT2D eigenvalue weighted by Gasteiger charge is -2.36. The lowest BCUT2D eigenvalue weighted by atomic mass is 9.88. The lowest BCUT2D eigenvalue weighted by molar-refractivity contribution is -0.137. The van der Waals surface area contributed by atoms with Crippen molar-refractivity contribution in [2.45, 2.75) is 40.0 Å². The zero-order chi connectivity index (χ0) is 22.8. The number of aryl methyl sites for hydroxylation is 1. The van der Waals surface area contributed by atoms with E-state index >= 15 is 0 Å². The highest BCUT2D eigenvalue weighted by Gasteiger charge is 2.36. The van der Waals surface area contributed by atoms with Crippen LogP contribution in [-0.4, -0.2) is 65.1 Å². The van der Waals surface area contributed by atoms with Gasteiger partial charge in [0.05, 0.1) is 16.5 Å². The molecule has 1 aliphatic heterocycles. The third kappa shape index (κ3) is 4.61. The Morgan fingerprint density at radius 3 is 2.62 bits per heavy atom. The van der Waals surface area contributed by atoms with Crippen LogP contribution < -0.4 is 5.32 Å². The van der Waals surface area contributed by atoms with Crippen LogP contribution in [0, 0.1) is 19.8 Å². The average molecular weight is 455 g/mol. The van der Waals surface area contributed by atoms with Gasteiger partial charge in [-0.1, -0.05) is 30.4 Å². The molecule has 2 aliphatic rings. The third-order valence-corrected chi connectivity index (χ3v) is 7.52. The van der Waals surface area contributed by atoms with Crippen molar-refractivity contribution in [3.8, 4) is 0 Å². The minimum atomic E-state index is -0.364. The molecular formula is C24H30N4O3S. The summed E-state index contributed by atoms with van der Waals surface area (Å²) in [5, 5.41) is 3.26. The normalized spacial score (nSPS) is 19.0. The van der Waals surface area contributed by atoms with Crippen LogP contribution >= 0.6 is 11.3 Å². The zero-order valence-electron chi connectivity index (χ0n) is 18.9. The first-order chi connectivity index (χ1) is 15.4. The minimum absolute atomic E-state index is 0.0501. The highest BCUT2D eigenvalue weighted by atomic mass is 32.1. The van der Waals surface area contributed by atoms with Gasteiger partial charge in [0, 0.05) is 44.6 Å². The molecule has 0 saturated carbocycles. The molecule has 4 rings (SSSR count). The summed E-state index contributed by atoms with van der Waals surface area (Å²) in [6.45, 7) is 10.3. The summed E-state index contributed by atoms with van der Waals surface area (Å²) >= 11 is 1.21. The summed E-state index contributed by atoms with van der Waals surface area (Å²) < 4.78 is 0. The van der Waals surface area contributed by atoms with Crippen LogP contribution in [0.3, 0.4) is 0 Å². The molecule has 1 fully saturated rings. The van der Waals surface area contributed by atoms with Crippen molar-refractivity contribution in [2.75, 3.05) is 38.0 Å². The number of carbonyl (C=O) groups is 3. The number of ketones is 1. The van der Waals surface area contributed by atoms with Crippen molar-refractivity contribution in [1.29, 1.82) is 0 Å². The molecule has 7 nitrogen and oxygen atoms in total. The Labute approximate surface area is 192 Å². The van der Waals surface area contributed by atoms with Gasteiger partial charge in [0.2, 0.25) is 5.91 Å². The number of nitrogens with zero attached hydrogens (tertiary/aromatic N) is 3. The van der Waals surface area contributed by atoms with E-state index in [1.807, 2.05) is 30.9 Å². The Hall–Kier alpha value is -2.58. The Balaban J connectivity index is 1.43. The van der Waals surface area contributed by atoms with Crippen molar-refractivity contribution in [3.05, 3.63) is 45.5 Å². The Morgan fingerprint density at radius 1 is 1.16 bits per heavy atom. The predicted molar refractivity (Wildman–Crippen MR) is 125 cm³/mol. The van der Waals surface area contributed by atoms with Gasteiger partial charge in [-0.25, -0.2) is 4.98 Å². The summed E-state index contributed by atoms with van der Waals surface area (Å²) in [7, 11) is 0. The maximum Gasteiger partial charge on any atom is 0.257 e. The molecule has 32 heavy (non-hydrogen) atoms. The smallest absolute Gasteiger partial charge is 0.257 e. The van der Waals surface area contributed by atoms with Crippen LogP contribution in [0.4, 0.5) is 5.13 Å². The van der Waals surface area contributed by atoms with E-state index in [9.17, 15) is 14.4 Å². The van der Waals surface area contributed by atoms with Gasteiger partial charge in [0.25, 0.3) is 5.91 Å². The molecule has 1 N–H and O–H groups in total. The number of benzene rings is 1. The van der Waals surface area contributed by atoms with Crippen LogP contribution in [0.5, 0.6) is 0 Å². The Kier molecular flexibility index (Phi) is 6.71. The third-order valence-electron chi connectivity index (χ3n) is 6.46. The Morgan fingerprint density at radius 2 is 1.91 bits per heavy atom. The second-order valence-corrected chi connectivity index (χ2v) is 9.69. The van der Waals surface area contributed by atoms with Gasteiger partial charge in [-0.05, 0) is 44.0 Å². The quantitative estimate of drug-likeness (QED) is 0.750. The van der Waals surface area contributed by atoms with E-state index in [2.05, 4.69) is 22.1 Å². The van der Waals surface area contributed by atoms with E-state index in [4.69, 9.17) is 0 Å². The molecule has 0 bridgehead atoms. The molecule has 2 aromatic rings. The number of thiazole rings is 1. The van der Waals surface area contributed by atoms with Crippen LogP contribution in [0.25, 0.3) is 0 Å². The first-order valence-electron chi connectivity index (χ1n) is 11.3. The van der Waals surface area contributed by atoms with Crippen molar-refractivity contribution >= 4 is 34.1 Å². The predicted octanol–water partition coefficient (Wildman–Crippen LogP) is 3.31. The number of Topliss-reactive ketones (excluding diaryl/α,β-unsaturated/α-hetero) is 1. The monoisotopic (exact) mass is 454 g/mol. The number of rotatable bonds is 5. The van der Waals surface area contributed by atoms with Gasteiger partial charge in [-0.3, -0.25) is 24.6 Å². The van der Waals surface area contributed by atoms with E-state index in [1.54, 1.807) is 6.07 Å². The molecule has 2 heterocycles. The summed E-state index contributed by atoms with van der Waals surface area (Å²) in [5.74, 6) is -0.604. The molecule has 1 atom stereocenters. The van der Waals surface area contributed by atoms with Crippen LogP contribution in [0.2, 0.25) is 0 Å². The second-order valence-electron chi connectivity index (χ2n) is 8.69. The van der Waals surface area contributed by atoms with Crippen molar-refractivity contribution in [3.63, 3.8) is 0 Å². The summed E-state index contributed by atoms with van der Waals surface area (Å²) in [5.41, 5.74) is 3.19. The molecular weight excluding hydrogens is 424 g/mol. The summed E-state index contributed by atoms with van der Waals surface area (Å²) in [6.07, 6.45) is 1.78. The summed E-state index contributed by atoms with van der Waals surface area (Å²) in [6, 6.07) is 5.60. The SMILES string of the molecule is CCCN1CCN(C(=O)C2CC(=O)c3sc(NC(=O)c4cccc(C)c4C)nc3C2)CC1.